The topological polar surface area (TPSA) is 76.1 Å². The van der Waals surface area contributed by atoms with Crippen molar-refractivity contribution in [3.63, 3.8) is 0 Å². The van der Waals surface area contributed by atoms with Crippen LogP contribution in [0.15, 0.2) is 29.5 Å². The van der Waals surface area contributed by atoms with Crippen LogP contribution in [0.4, 0.5) is 0 Å². The maximum absolute atomic E-state index is 12.9. The molecular weight excluding hydrogens is 346 g/mol. The van der Waals surface area contributed by atoms with Crippen molar-refractivity contribution < 1.29 is 24.2 Å². The van der Waals surface area contributed by atoms with Gasteiger partial charge in [-0.1, -0.05) is 33.3 Å². The van der Waals surface area contributed by atoms with E-state index >= 15 is 0 Å². The second-order valence-electron chi connectivity index (χ2n) is 7.44. The number of aliphatic hydroxyl groups is 1. The van der Waals surface area contributed by atoms with Crippen molar-refractivity contribution in [1.29, 1.82) is 0 Å². The molecule has 0 bridgehead atoms. The summed E-state index contributed by atoms with van der Waals surface area (Å²) in [5, 5.41) is 10.5. The van der Waals surface area contributed by atoms with E-state index in [0.717, 1.165) is 18.4 Å². The molecule has 27 heavy (non-hydrogen) atoms. The molecule has 0 aromatic heterocycles. The van der Waals surface area contributed by atoms with Crippen LogP contribution < -0.4 is 9.47 Å². The third-order valence-electron chi connectivity index (χ3n) is 4.83. The summed E-state index contributed by atoms with van der Waals surface area (Å²) >= 11 is 0. The number of benzene rings is 1. The molecule has 2 aliphatic rings. The van der Waals surface area contributed by atoms with Crippen LogP contribution in [0.1, 0.15) is 51.6 Å². The number of Topliss-reactive ketones (excluding diaryl/α,β-unsaturated/α-hetero) is 1. The molecule has 2 aliphatic heterocycles. The van der Waals surface area contributed by atoms with E-state index in [0.29, 0.717) is 31.3 Å². The number of amides is 1. The minimum absolute atomic E-state index is 0.138. The van der Waals surface area contributed by atoms with E-state index in [1.165, 1.54) is 0 Å². The molecule has 2 heterocycles. The highest BCUT2D eigenvalue weighted by Gasteiger charge is 2.43. The lowest BCUT2D eigenvalue weighted by Gasteiger charge is -2.28. The molecule has 1 aromatic rings. The fraction of sp³-hybridized carbons (Fsp3) is 0.524. The lowest BCUT2D eigenvalue weighted by molar-refractivity contribution is -0.129. The van der Waals surface area contributed by atoms with Crippen LogP contribution in [0, 0.1) is 5.92 Å². The zero-order valence-electron chi connectivity index (χ0n) is 16.2. The molecule has 3 rings (SSSR count). The number of ether oxygens (including phenoxy) is 2. The highest BCUT2D eigenvalue weighted by atomic mass is 16.6. The van der Waals surface area contributed by atoms with Gasteiger partial charge in [-0.2, -0.15) is 0 Å². The van der Waals surface area contributed by atoms with Crippen molar-refractivity contribution in [2.75, 3.05) is 19.8 Å². The van der Waals surface area contributed by atoms with Crippen molar-refractivity contribution in [1.82, 2.24) is 4.90 Å². The molecule has 1 amide bonds. The summed E-state index contributed by atoms with van der Waals surface area (Å²) in [6.07, 6.45) is 1.99. The summed E-state index contributed by atoms with van der Waals surface area (Å²) in [7, 11) is 0. The Morgan fingerprint density at radius 3 is 2.63 bits per heavy atom. The molecule has 6 heteroatoms. The molecule has 1 atom stereocenters. The van der Waals surface area contributed by atoms with E-state index in [2.05, 4.69) is 0 Å². The Balaban J connectivity index is 2.02. The number of unbranched alkanes of at least 4 members (excludes halogenated alkanes) is 1. The molecular formula is C21H27NO5. The Morgan fingerprint density at radius 1 is 1.26 bits per heavy atom. The number of hydrogen-bond acceptors (Lipinski definition) is 5. The van der Waals surface area contributed by atoms with Crippen LogP contribution in [0.2, 0.25) is 0 Å². The number of hydrogen-bond donors (Lipinski definition) is 1. The maximum atomic E-state index is 12.9. The Bertz CT molecular complexity index is 768. The molecule has 1 aromatic carbocycles. The molecule has 6 nitrogen and oxygen atoms in total. The summed E-state index contributed by atoms with van der Waals surface area (Å²) in [5.41, 5.74) is 0.946. The number of nitrogens with zero attached hydrogens (tertiary/aromatic N) is 1. The van der Waals surface area contributed by atoms with Gasteiger partial charge < -0.3 is 19.5 Å². The molecule has 0 saturated heterocycles. The third-order valence-corrected chi connectivity index (χ3v) is 4.83. The number of ketones is 1. The van der Waals surface area contributed by atoms with Gasteiger partial charge in [0.15, 0.2) is 23.0 Å². The largest absolute Gasteiger partial charge is 0.503 e. The summed E-state index contributed by atoms with van der Waals surface area (Å²) in [6.45, 7) is 7.37. The van der Waals surface area contributed by atoms with Crippen LogP contribution in [0.25, 0.3) is 0 Å². The number of fused-ring (bicyclic) bond motifs is 1. The Labute approximate surface area is 159 Å². The van der Waals surface area contributed by atoms with Gasteiger partial charge in [0.25, 0.3) is 5.91 Å². The van der Waals surface area contributed by atoms with Crippen LogP contribution in [0.3, 0.4) is 0 Å². The number of carbonyl (C=O) groups excluding carboxylic acids is 2. The van der Waals surface area contributed by atoms with E-state index in [4.69, 9.17) is 9.47 Å². The Hall–Kier alpha value is -2.50. The quantitative estimate of drug-likeness (QED) is 0.791. The van der Waals surface area contributed by atoms with Crippen LogP contribution in [-0.2, 0) is 9.59 Å². The third kappa shape index (κ3) is 3.80. The fourth-order valence-electron chi connectivity index (χ4n) is 3.55. The van der Waals surface area contributed by atoms with E-state index in [-0.39, 0.29) is 23.7 Å². The van der Waals surface area contributed by atoms with Gasteiger partial charge in [0.1, 0.15) is 13.2 Å². The smallest absolute Gasteiger partial charge is 0.290 e. The van der Waals surface area contributed by atoms with E-state index in [1.54, 1.807) is 11.0 Å². The van der Waals surface area contributed by atoms with Crippen LogP contribution in [-0.4, -0.2) is 41.5 Å². The van der Waals surface area contributed by atoms with E-state index in [1.807, 2.05) is 32.9 Å². The van der Waals surface area contributed by atoms with Gasteiger partial charge in [-0.15, -0.1) is 0 Å². The highest BCUT2D eigenvalue weighted by Crippen LogP contribution is 2.42. The van der Waals surface area contributed by atoms with E-state index in [9.17, 15) is 14.7 Å². The van der Waals surface area contributed by atoms with Gasteiger partial charge in [-0.3, -0.25) is 9.59 Å². The minimum Gasteiger partial charge on any atom is -0.503 e. The SMILES string of the molecule is CCCCN1C(=O)C(O)=C(C(=O)CC(C)C)C1c1ccc2c(c1)OCCO2. The zero-order valence-corrected chi connectivity index (χ0v) is 16.2. The molecule has 0 radical (unpaired) electrons. The number of rotatable bonds is 7. The molecule has 0 saturated carbocycles. The number of carbonyl (C=O) groups is 2. The average Bonchev–Trinajstić information content (AvgIpc) is 2.90. The second-order valence-corrected chi connectivity index (χ2v) is 7.44. The molecule has 0 spiro atoms. The van der Waals surface area contributed by atoms with Gasteiger partial charge >= 0.3 is 0 Å². The van der Waals surface area contributed by atoms with Gasteiger partial charge in [0.2, 0.25) is 0 Å². The summed E-state index contributed by atoms with van der Waals surface area (Å²) < 4.78 is 11.2. The molecule has 0 aliphatic carbocycles. The zero-order chi connectivity index (χ0) is 19.6. The molecule has 146 valence electrons. The molecule has 1 unspecified atom stereocenters. The van der Waals surface area contributed by atoms with Gasteiger partial charge in [-0.25, -0.2) is 0 Å². The van der Waals surface area contributed by atoms with Crippen molar-refractivity contribution in [2.45, 2.75) is 46.1 Å². The summed E-state index contributed by atoms with van der Waals surface area (Å²) in [4.78, 5) is 27.1. The van der Waals surface area contributed by atoms with Crippen molar-refractivity contribution in [3.8, 4) is 11.5 Å². The normalized spacial score (nSPS) is 19.2. The predicted octanol–water partition coefficient (Wildman–Crippen LogP) is 3.57. The summed E-state index contributed by atoms with van der Waals surface area (Å²) in [6, 6.07) is 4.86. The van der Waals surface area contributed by atoms with Gasteiger partial charge in [0, 0.05) is 13.0 Å². The first-order chi connectivity index (χ1) is 12.9. The van der Waals surface area contributed by atoms with E-state index < -0.39 is 17.7 Å². The Kier molecular flexibility index (Phi) is 5.73. The van der Waals surface area contributed by atoms with Crippen molar-refractivity contribution in [2.24, 2.45) is 5.92 Å². The van der Waals surface area contributed by atoms with Crippen molar-refractivity contribution >= 4 is 11.7 Å². The standard InChI is InChI=1S/C21H27NO5/c1-4-5-8-22-19(14-6-7-16-17(12-14)27-10-9-26-16)18(20(24)21(22)25)15(23)11-13(2)3/h6-7,12-13,19,24H,4-5,8-11H2,1-3H3. The van der Waals surface area contributed by atoms with Gasteiger partial charge in [-0.05, 0) is 30.0 Å². The first-order valence-electron chi connectivity index (χ1n) is 9.60. The minimum atomic E-state index is -0.592. The number of aliphatic hydroxyl groups excluding tert-OH is 1. The summed E-state index contributed by atoms with van der Waals surface area (Å²) in [5.74, 6) is 0.307. The average molecular weight is 373 g/mol. The Morgan fingerprint density at radius 2 is 1.96 bits per heavy atom. The van der Waals surface area contributed by atoms with Crippen LogP contribution >= 0.6 is 0 Å². The van der Waals surface area contributed by atoms with Crippen molar-refractivity contribution in [3.05, 3.63) is 35.1 Å². The fourth-order valence-corrected chi connectivity index (χ4v) is 3.55. The first-order valence-corrected chi connectivity index (χ1v) is 9.60. The highest BCUT2D eigenvalue weighted by molar-refractivity contribution is 6.09. The van der Waals surface area contributed by atoms with Gasteiger partial charge in [0.05, 0.1) is 11.6 Å². The first kappa shape index (κ1) is 19.3. The monoisotopic (exact) mass is 373 g/mol. The lowest BCUT2D eigenvalue weighted by Crippen LogP contribution is -2.32. The van der Waals surface area contributed by atoms with Crippen LogP contribution in [0.5, 0.6) is 11.5 Å². The lowest BCUT2D eigenvalue weighted by atomic mass is 9.92. The predicted molar refractivity (Wildman–Crippen MR) is 101 cm³/mol. The maximum Gasteiger partial charge on any atom is 0.290 e. The second kappa shape index (κ2) is 8.03. The molecule has 0 fully saturated rings. The molecule has 1 N–H and O–H groups in total.